The smallest absolute Gasteiger partial charge is 0.310 e. The second-order valence-corrected chi connectivity index (χ2v) is 5.79. The fourth-order valence-corrected chi connectivity index (χ4v) is 2.82. The van der Waals surface area contributed by atoms with Gasteiger partial charge in [0.05, 0.1) is 19.6 Å². The Labute approximate surface area is 164 Å². The molecule has 1 fully saturated rings. The first-order chi connectivity index (χ1) is 11.5. The average molecular weight is 465 g/mol. The van der Waals surface area contributed by atoms with Crippen molar-refractivity contribution in [2.45, 2.75) is 6.92 Å². The number of nitrogens with one attached hydrogen (secondary N) is 1. The highest BCUT2D eigenvalue weighted by Gasteiger charge is 2.36. The topological polar surface area (TPSA) is 63.2 Å². The molecule has 6 nitrogen and oxygen atoms in total. The van der Waals surface area contributed by atoms with Gasteiger partial charge in [0.15, 0.2) is 5.96 Å². The second-order valence-electron chi connectivity index (χ2n) is 5.79. The number of methoxy groups -OCH3 is 1. The zero-order valence-electron chi connectivity index (χ0n) is 14.7. The van der Waals surface area contributed by atoms with Crippen LogP contribution in [0.15, 0.2) is 29.3 Å². The molecular formula is C17H25FIN3O3. The van der Waals surface area contributed by atoms with Gasteiger partial charge < -0.3 is 19.7 Å². The molecule has 0 bridgehead atoms. The summed E-state index contributed by atoms with van der Waals surface area (Å²) >= 11 is 0. The summed E-state index contributed by atoms with van der Waals surface area (Å²) < 4.78 is 23.4. The molecule has 0 radical (unpaired) electrons. The number of likely N-dealkylation sites (tertiary alicyclic amines) is 1. The van der Waals surface area contributed by atoms with E-state index in [1.165, 1.54) is 19.2 Å². The van der Waals surface area contributed by atoms with Gasteiger partial charge >= 0.3 is 5.97 Å². The molecule has 0 aromatic heterocycles. The normalized spacial score (nSPS) is 20.0. The molecule has 0 aliphatic carbocycles. The fraction of sp³-hybridized carbons (Fsp3) is 0.529. The Morgan fingerprint density at radius 1 is 1.44 bits per heavy atom. The standard InChI is InChI=1S/C17H24FN3O3.HI/c1-12-10-21(11-15(12)16(22)23-3)17(19-2)20-7-8-24-14-6-4-5-13(18)9-14;/h4-6,9,12,15H,7-8,10-11H2,1-3H3,(H,19,20);1H. The molecule has 1 N–H and O–H groups in total. The van der Waals surface area contributed by atoms with Crippen molar-refractivity contribution in [3.8, 4) is 5.75 Å². The van der Waals surface area contributed by atoms with Crippen LogP contribution in [0.5, 0.6) is 5.75 Å². The number of carbonyl (C=O) groups is 1. The first-order valence-electron chi connectivity index (χ1n) is 7.97. The Morgan fingerprint density at radius 3 is 2.84 bits per heavy atom. The summed E-state index contributed by atoms with van der Waals surface area (Å²) in [6, 6.07) is 6.04. The summed E-state index contributed by atoms with van der Waals surface area (Å²) in [6.07, 6.45) is 0. The zero-order chi connectivity index (χ0) is 17.5. The zero-order valence-corrected chi connectivity index (χ0v) is 17.0. The van der Waals surface area contributed by atoms with Crippen molar-refractivity contribution in [2.24, 2.45) is 16.8 Å². The Morgan fingerprint density at radius 2 is 2.20 bits per heavy atom. The molecule has 140 valence electrons. The van der Waals surface area contributed by atoms with Crippen molar-refractivity contribution in [3.05, 3.63) is 30.1 Å². The number of nitrogens with zero attached hydrogens (tertiary/aromatic N) is 2. The second kappa shape index (κ2) is 10.4. The van der Waals surface area contributed by atoms with Crippen LogP contribution in [0.2, 0.25) is 0 Å². The first kappa shape index (κ1) is 21.5. The maximum atomic E-state index is 13.1. The summed E-state index contributed by atoms with van der Waals surface area (Å²) in [6.45, 7) is 4.26. The summed E-state index contributed by atoms with van der Waals surface area (Å²) in [5.41, 5.74) is 0. The van der Waals surface area contributed by atoms with E-state index >= 15 is 0 Å². The highest BCUT2D eigenvalue weighted by Crippen LogP contribution is 2.24. The summed E-state index contributed by atoms with van der Waals surface area (Å²) in [4.78, 5) is 18.0. The largest absolute Gasteiger partial charge is 0.492 e. The van der Waals surface area contributed by atoms with Crippen molar-refractivity contribution in [1.82, 2.24) is 10.2 Å². The van der Waals surface area contributed by atoms with E-state index in [4.69, 9.17) is 9.47 Å². The number of hydrogen-bond donors (Lipinski definition) is 1. The molecule has 1 aliphatic rings. The van der Waals surface area contributed by atoms with Gasteiger partial charge in [0.25, 0.3) is 0 Å². The van der Waals surface area contributed by atoms with Gasteiger partial charge in [-0.2, -0.15) is 0 Å². The molecule has 1 aromatic rings. The van der Waals surface area contributed by atoms with E-state index in [1.807, 2.05) is 11.8 Å². The van der Waals surface area contributed by atoms with Crippen LogP contribution >= 0.6 is 24.0 Å². The SMILES string of the molecule is CN=C(NCCOc1cccc(F)c1)N1CC(C)C(C(=O)OC)C1.I. The minimum absolute atomic E-state index is 0. The van der Waals surface area contributed by atoms with E-state index in [1.54, 1.807) is 19.2 Å². The highest BCUT2D eigenvalue weighted by atomic mass is 127. The summed E-state index contributed by atoms with van der Waals surface area (Å²) in [7, 11) is 3.11. The lowest BCUT2D eigenvalue weighted by molar-refractivity contribution is -0.145. The minimum atomic E-state index is -0.323. The van der Waals surface area contributed by atoms with E-state index in [0.29, 0.717) is 25.4 Å². The molecule has 2 unspecified atom stereocenters. The number of hydrogen-bond acceptors (Lipinski definition) is 4. The van der Waals surface area contributed by atoms with Crippen molar-refractivity contribution >= 4 is 35.9 Å². The Hall–Kier alpha value is -1.58. The van der Waals surface area contributed by atoms with E-state index in [0.717, 1.165) is 12.5 Å². The van der Waals surface area contributed by atoms with Crippen LogP contribution in [-0.2, 0) is 9.53 Å². The van der Waals surface area contributed by atoms with Crippen LogP contribution in [0.3, 0.4) is 0 Å². The molecule has 8 heteroatoms. The molecule has 0 saturated carbocycles. The molecule has 1 heterocycles. The number of halogens is 2. The van der Waals surface area contributed by atoms with Gasteiger partial charge in [0.2, 0.25) is 0 Å². The van der Waals surface area contributed by atoms with Gasteiger partial charge in [-0.25, -0.2) is 4.39 Å². The molecule has 1 aliphatic heterocycles. The predicted molar refractivity (Wildman–Crippen MR) is 105 cm³/mol. The molecule has 25 heavy (non-hydrogen) atoms. The van der Waals surface area contributed by atoms with Crippen LogP contribution in [0.1, 0.15) is 6.92 Å². The molecule has 0 amide bonds. The van der Waals surface area contributed by atoms with Gasteiger partial charge in [-0.05, 0) is 18.1 Å². The molecule has 1 aromatic carbocycles. The van der Waals surface area contributed by atoms with Gasteiger partial charge in [-0.1, -0.05) is 13.0 Å². The summed E-state index contributed by atoms with van der Waals surface area (Å²) in [5.74, 6) is 0.770. The van der Waals surface area contributed by atoms with Gasteiger partial charge in [0, 0.05) is 26.2 Å². The number of rotatable bonds is 5. The van der Waals surface area contributed by atoms with Crippen molar-refractivity contribution in [3.63, 3.8) is 0 Å². The lowest BCUT2D eigenvalue weighted by Crippen LogP contribution is -2.42. The predicted octanol–water partition coefficient (Wildman–Crippen LogP) is 2.14. The maximum absolute atomic E-state index is 13.1. The number of carbonyl (C=O) groups excluding carboxylic acids is 1. The van der Waals surface area contributed by atoms with Crippen molar-refractivity contribution < 1.29 is 18.7 Å². The van der Waals surface area contributed by atoms with Crippen LogP contribution in [0.25, 0.3) is 0 Å². The fourth-order valence-electron chi connectivity index (χ4n) is 2.82. The minimum Gasteiger partial charge on any atom is -0.492 e. The third-order valence-corrected chi connectivity index (χ3v) is 4.08. The van der Waals surface area contributed by atoms with Gasteiger partial charge in [-0.15, -0.1) is 24.0 Å². The van der Waals surface area contributed by atoms with Gasteiger partial charge in [0.1, 0.15) is 18.2 Å². The number of esters is 1. The monoisotopic (exact) mass is 465 g/mol. The van der Waals surface area contributed by atoms with Crippen molar-refractivity contribution in [1.29, 1.82) is 0 Å². The number of guanidine groups is 1. The average Bonchev–Trinajstić information content (AvgIpc) is 2.96. The number of aliphatic imine (C=N–C) groups is 1. The Kier molecular flexibility index (Phi) is 8.95. The van der Waals surface area contributed by atoms with Crippen LogP contribution in [-0.4, -0.2) is 57.2 Å². The molecule has 2 rings (SSSR count). The Bertz CT molecular complexity index is 600. The van der Waals surface area contributed by atoms with E-state index in [9.17, 15) is 9.18 Å². The lowest BCUT2D eigenvalue weighted by atomic mass is 9.99. The van der Waals surface area contributed by atoms with Crippen molar-refractivity contribution in [2.75, 3.05) is 40.4 Å². The quantitative estimate of drug-likeness (QED) is 0.238. The van der Waals surface area contributed by atoms with Gasteiger partial charge in [-0.3, -0.25) is 9.79 Å². The third kappa shape index (κ3) is 6.02. The van der Waals surface area contributed by atoms with Crippen LogP contribution < -0.4 is 10.1 Å². The molecule has 0 spiro atoms. The van der Waals surface area contributed by atoms with E-state index in [2.05, 4.69) is 10.3 Å². The third-order valence-electron chi connectivity index (χ3n) is 4.08. The molecule has 1 saturated heterocycles. The van der Waals surface area contributed by atoms with E-state index in [-0.39, 0.29) is 47.6 Å². The summed E-state index contributed by atoms with van der Waals surface area (Å²) in [5, 5.41) is 3.20. The maximum Gasteiger partial charge on any atom is 0.310 e. The Balaban J connectivity index is 0.00000312. The highest BCUT2D eigenvalue weighted by molar-refractivity contribution is 14.0. The molecular weight excluding hydrogens is 440 g/mol. The van der Waals surface area contributed by atoms with Crippen LogP contribution in [0, 0.1) is 17.7 Å². The number of ether oxygens (including phenoxy) is 2. The van der Waals surface area contributed by atoms with Crippen LogP contribution in [0.4, 0.5) is 4.39 Å². The van der Waals surface area contributed by atoms with E-state index < -0.39 is 0 Å². The first-order valence-corrected chi connectivity index (χ1v) is 7.97. The number of benzene rings is 1. The molecule has 2 atom stereocenters. The lowest BCUT2D eigenvalue weighted by Gasteiger charge is -2.21.